The summed E-state index contributed by atoms with van der Waals surface area (Å²) in [7, 11) is -3.75. The Labute approximate surface area is 174 Å². The second-order valence-corrected chi connectivity index (χ2v) is 8.81. The average Bonchev–Trinajstić information content (AvgIpc) is 2.69. The van der Waals surface area contributed by atoms with Crippen molar-refractivity contribution >= 4 is 26.3 Å². The predicted molar refractivity (Wildman–Crippen MR) is 106 cm³/mol. The maximum atomic E-state index is 12.8. The number of nitrogens with zero attached hydrogens (tertiary/aromatic N) is 1. The zero-order valence-corrected chi connectivity index (χ0v) is 16.8. The fourth-order valence-electron chi connectivity index (χ4n) is 3.05. The summed E-state index contributed by atoms with van der Waals surface area (Å²) < 4.78 is 67.2. The molecule has 0 radical (unpaired) electrons. The molecule has 0 aliphatic heterocycles. The lowest BCUT2D eigenvalue weighted by Gasteiger charge is -2.25. The molecule has 0 spiro atoms. The van der Waals surface area contributed by atoms with Crippen LogP contribution in [0.25, 0.3) is 10.8 Å². The summed E-state index contributed by atoms with van der Waals surface area (Å²) in [5.41, 5.74) is -0.948. The van der Waals surface area contributed by atoms with Crippen molar-refractivity contribution in [3.05, 3.63) is 75.0 Å². The molecule has 0 aliphatic rings. The third-order valence-electron chi connectivity index (χ3n) is 4.54. The molecule has 0 saturated heterocycles. The highest BCUT2D eigenvalue weighted by Crippen LogP contribution is 2.26. The lowest BCUT2D eigenvalue weighted by molar-refractivity contribution is -0.715. The normalized spacial score (nSPS) is 12.5. The van der Waals surface area contributed by atoms with E-state index in [1.807, 2.05) is 0 Å². The van der Waals surface area contributed by atoms with E-state index in [-0.39, 0.29) is 33.8 Å². The number of aromatic nitrogens is 1. The molecule has 0 aliphatic carbocycles. The minimum Gasteiger partial charge on any atom is -0.628 e. The summed E-state index contributed by atoms with van der Waals surface area (Å²) >= 11 is 0. The third-order valence-corrected chi connectivity index (χ3v) is 6.36. The first kappa shape index (κ1) is 22.7. The number of hydrogen-bond donors (Lipinski definition) is 1. The molecule has 31 heavy (non-hydrogen) atoms. The number of alkyl halides is 3. The molecule has 166 valence electrons. The second-order valence-electron chi connectivity index (χ2n) is 6.56. The Kier molecular flexibility index (Phi) is 6.09. The van der Waals surface area contributed by atoms with Gasteiger partial charge in [-0.2, -0.15) is 0 Å². The van der Waals surface area contributed by atoms with Gasteiger partial charge in [0.1, 0.15) is 11.4 Å². The van der Waals surface area contributed by atoms with Crippen molar-refractivity contribution < 1.29 is 31.6 Å². The topological polar surface area (TPSA) is 116 Å². The molecule has 8 nitrogen and oxygen atoms in total. The van der Waals surface area contributed by atoms with Crippen LogP contribution in [0.3, 0.4) is 0 Å². The summed E-state index contributed by atoms with van der Waals surface area (Å²) in [6.07, 6.45) is -3.60. The number of pyridine rings is 1. The Hall–Kier alpha value is -2.93. The molecular formula is C19H16F3N2O6S-. The summed E-state index contributed by atoms with van der Waals surface area (Å²) in [6, 6.07) is 8.05. The van der Waals surface area contributed by atoms with Crippen molar-refractivity contribution in [1.82, 2.24) is 4.57 Å². The molecule has 0 unspecified atom stereocenters. The van der Waals surface area contributed by atoms with Crippen LogP contribution in [0.2, 0.25) is 0 Å². The number of quaternary nitrogens is 1. The van der Waals surface area contributed by atoms with Gasteiger partial charge in [-0.05, 0) is 35.2 Å². The van der Waals surface area contributed by atoms with Crippen LogP contribution in [0.15, 0.2) is 58.4 Å². The summed E-state index contributed by atoms with van der Waals surface area (Å²) in [4.78, 5) is 12.7. The van der Waals surface area contributed by atoms with Gasteiger partial charge in [0.25, 0.3) is 5.56 Å². The highest BCUT2D eigenvalue weighted by Gasteiger charge is 2.31. The van der Waals surface area contributed by atoms with E-state index in [1.54, 1.807) is 0 Å². The van der Waals surface area contributed by atoms with Crippen LogP contribution in [-0.4, -0.2) is 25.1 Å². The molecular weight excluding hydrogens is 441 g/mol. The number of ether oxygens (including phenoxy) is 1. The molecule has 0 atom stereocenters. The summed E-state index contributed by atoms with van der Waals surface area (Å²) in [5.74, 6) is -0.835. The Morgan fingerprint density at radius 1 is 1.10 bits per heavy atom. The van der Waals surface area contributed by atoms with Gasteiger partial charge in [-0.1, -0.05) is 13.0 Å². The maximum Gasteiger partial charge on any atom is 0.573 e. The van der Waals surface area contributed by atoms with Gasteiger partial charge >= 0.3 is 6.36 Å². The average molecular weight is 457 g/mol. The smallest absolute Gasteiger partial charge is 0.573 e. The van der Waals surface area contributed by atoms with Crippen LogP contribution in [0.1, 0.15) is 12.5 Å². The van der Waals surface area contributed by atoms with Gasteiger partial charge in [0, 0.05) is 18.3 Å². The molecule has 0 amide bonds. The highest BCUT2D eigenvalue weighted by molar-refractivity contribution is 7.91. The van der Waals surface area contributed by atoms with Crippen LogP contribution in [0, 0.1) is 10.4 Å². The van der Waals surface area contributed by atoms with E-state index < -0.39 is 32.7 Å². The van der Waals surface area contributed by atoms with Crippen molar-refractivity contribution in [3.63, 3.8) is 0 Å². The van der Waals surface area contributed by atoms with E-state index in [0.717, 1.165) is 34.9 Å². The molecule has 1 heterocycles. The van der Waals surface area contributed by atoms with E-state index in [0.29, 0.717) is 5.39 Å². The van der Waals surface area contributed by atoms with Crippen molar-refractivity contribution in [3.8, 4) is 5.75 Å². The largest absolute Gasteiger partial charge is 0.628 e. The van der Waals surface area contributed by atoms with Crippen LogP contribution in [-0.2, 0) is 16.4 Å². The number of fused-ring (bicyclic) bond motifs is 1. The highest BCUT2D eigenvalue weighted by atomic mass is 32.2. The number of hydrogen-bond acceptors (Lipinski definition) is 6. The van der Waals surface area contributed by atoms with E-state index in [1.165, 1.54) is 25.3 Å². The third kappa shape index (κ3) is 5.05. The predicted octanol–water partition coefficient (Wildman–Crippen LogP) is 2.25. The lowest BCUT2D eigenvalue weighted by Crippen LogP contribution is -2.96. The number of halogens is 3. The first-order chi connectivity index (χ1) is 14.4. The molecule has 12 heteroatoms. The Bertz CT molecular complexity index is 1290. The summed E-state index contributed by atoms with van der Waals surface area (Å²) in [6.45, 7) is 1.09. The number of benzene rings is 2. The molecule has 0 saturated carbocycles. The summed E-state index contributed by atoms with van der Waals surface area (Å²) in [5, 5.41) is 21.1. The van der Waals surface area contributed by atoms with Gasteiger partial charge in [-0.3, -0.25) is 4.79 Å². The zero-order valence-electron chi connectivity index (χ0n) is 16.0. The van der Waals surface area contributed by atoms with E-state index in [4.69, 9.17) is 0 Å². The lowest BCUT2D eigenvalue weighted by atomic mass is 10.1. The number of nitrogens with one attached hydrogen (secondary N) is 1. The van der Waals surface area contributed by atoms with E-state index in [9.17, 15) is 36.8 Å². The second kappa shape index (κ2) is 8.30. The van der Waals surface area contributed by atoms with E-state index >= 15 is 0 Å². The first-order valence-corrected chi connectivity index (χ1v) is 10.5. The molecule has 0 bridgehead atoms. The van der Waals surface area contributed by atoms with Gasteiger partial charge in [0.2, 0.25) is 0 Å². The SMILES string of the molecule is CCS(=O)(=O)c1ccc([NH+]([O-])[O-])cc1Cn1ccc2ccc(OC(F)(F)F)cc2c1=O. The van der Waals surface area contributed by atoms with Crippen molar-refractivity contribution in [2.24, 2.45) is 0 Å². The van der Waals surface area contributed by atoms with E-state index in [2.05, 4.69) is 4.74 Å². The Balaban J connectivity index is 2.12. The van der Waals surface area contributed by atoms with Crippen molar-refractivity contribution in [2.45, 2.75) is 24.7 Å². The van der Waals surface area contributed by atoms with Crippen molar-refractivity contribution in [1.29, 1.82) is 0 Å². The maximum absolute atomic E-state index is 12.8. The molecule has 3 aromatic rings. The van der Waals surface area contributed by atoms with Gasteiger partial charge < -0.3 is 24.9 Å². The minimum absolute atomic E-state index is 0.0349. The Morgan fingerprint density at radius 3 is 2.42 bits per heavy atom. The molecule has 2 aromatic carbocycles. The molecule has 0 fully saturated rings. The van der Waals surface area contributed by atoms with Crippen LogP contribution < -0.4 is 15.5 Å². The molecule has 1 N–H and O–H groups in total. The number of sulfone groups is 1. The quantitative estimate of drug-likeness (QED) is 0.568. The fraction of sp³-hybridized carbons (Fsp3) is 0.211. The van der Waals surface area contributed by atoms with Crippen LogP contribution in [0.4, 0.5) is 18.9 Å². The van der Waals surface area contributed by atoms with Gasteiger partial charge in [0.15, 0.2) is 9.84 Å². The fourth-order valence-corrected chi connectivity index (χ4v) is 4.16. The molecule has 3 rings (SSSR count). The zero-order chi connectivity index (χ0) is 23.0. The van der Waals surface area contributed by atoms with Gasteiger partial charge in [0.05, 0.1) is 22.6 Å². The monoisotopic (exact) mass is 457 g/mol. The molecule has 1 aromatic heterocycles. The standard InChI is InChI=1S/C19H16F3N2O6S/c1-2-31(28,29)17-6-4-14(24(26)27)9-13(17)11-23-8-7-12-3-5-15(30-19(20,21)22)10-16(12)18(23)25/h3-10,24H,2,11H2,1H3/q-1. The number of rotatable bonds is 6. The Morgan fingerprint density at radius 2 is 1.81 bits per heavy atom. The van der Waals surface area contributed by atoms with Crippen LogP contribution in [0.5, 0.6) is 5.75 Å². The van der Waals surface area contributed by atoms with Gasteiger partial charge in [-0.15, -0.1) is 13.2 Å². The van der Waals surface area contributed by atoms with Crippen molar-refractivity contribution in [2.75, 3.05) is 5.75 Å². The first-order valence-electron chi connectivity index (χ1n) is 8.87. The van der Waals surface area contributed by atoms with Gasteiger partial charge in [-0.25, -0.2) is 8.42 Å². The minimum atomic E-state index is -4.93. The van der Waals surface area contributed by atoms with Crippen LogP contribution >= 0.6 is 0 Å².